The fourth-order valence-electron chi connectivity index (χ4n) is 4.94. The van der Waals surface area contributed by atoms with Crippen molar-refractivity contribution in [1.82, 2.24) is 0 Å². The minimum absolute atomic E-state index is 0.0880. The van der Waals surface area contributed by atoms with Crippen molar-refractivity contribution in [2.75, 3.05) is 0 Å². The maximum atomic E-state index is 12.9. The molecule has 2 saturated heterocycles. The van der Waals surface area contributed by atoms with Gasteiger partial charge in [0.25, 0.3) is 0 Å². The predicted octanol–water partition coefficient (Wildman–Crippen LogP) is -0.579. The number of carbonyl (C=O) groups excluding carboxylic acids is 1. The Balaban J connectivity index is 1.87. The summed E-state index contributed by atoms with van der Waals surface area (Å²) in [6.45, 7) is 3.31. The Hall–Kier alpha value is -2.90. The first-order valence-electron chi connectivity index (χ1n) is 11.0. The Morgan fingerprint density at radius 3 is 2.06 bits per heavy atom. The third-order valence-corrected chi connectivity index (χ3v) is 6.91. The number of fused-ring (bicyclic) bond motifs is 2. The largest absolute Gasteiger partial charge is 0.479 e. The molecule has 0 spiro atoms. The van der Waals surface area contributed by atoms with Gasteiger partial charge >= 0.3 is 17.9 Å². The van der Waals surface area contributed by atoms with Gasteiger partial charge in [0, 0.05) is 18.3 Å². The van der Waals surface area contributed by atoms with E-state index in [4.69, 9.17) is 9.47 Å². The Labute approximate surface area is 199 Å². The molecular weight excluding hydrogens is 468 g/mol. The molecular formula is C23H28O12. The summed E-state index contributed by atoms with van der Waals surface area (Å²) >= 11 is 0. The lowest BCUT2D eigenvalue weighted by atomic mass is 9.74. The zero-order valence-corrected chi connectivity index (χ0v) is 19.0. The van der Waals surface area contributed by atoms with Crippen LogP contribution in [-0.2, 0) is 35.1 Å². The van der Waals surface area contributed by atoms with Gasteiger partial charge in [0.15, 0.2) is 5.79 Å². The quantitative estimate of drug-likeness (QED) is 0.240. The van der Waals surface area contributed by atoms with E-state index < -0.39 is 71.5 Å². The number of hydrogen-bond donors (Lipinski definition) is 6. The summed E-state index contributed by atoms with van der Waals surface area (Å²) in [6, 6.07) is 9.26. The maximum absolute atomic E-state index is 12.9. The number of carbonyl (C=O) groups is 4. The first-order chi connectivity index (χ1) is 16.2. The zero-order valence-electron chi connectivity index (χ0n) is 19.0. The number of Topliss-reactive ketones (excluding diaryl/α,β-unsaturated/α-hetero) is 1. The molecule has 1 aromatic carbocycles. The number of benzene rings is 1. The van der Waals surface area contributed by atoms with Crippen LogP contribution in [0.1, 0.15) is 32.3 Å². The molecule has 12 nitrogen and oxygen atoms in total. The van der Waals surface area contributed by atoms with Crippen LogP contribution in [0.4, 0.5) is 0 Å². The van der Waals surface area contributed by atoms with Crippen molar-refractivity contribution in [1.29, 1.82) is 0 Å². The average molecular weight is 496 g/mol. The third kappa shape index (κ3) is 4.00. The summed E-state index contributed by atoms with van der Waals surface area (Å²) < 4.78 is 10.5. The van der Waals surface area contributed by atoms with E-state index in [1.165, 1.54) is 0 Å². The Bertz CT molecular complexity index is 1010. The summed E-state index contributed by atoms with van der Waals surface area (Å²) in [6.07, 6.45) is -7.61. The van der Waals surface area contributed by atoms with Crippen LogP contribution in [0.25, 0.3) is 0 Å². The third-order valence-electron chi connectivity index (χ3n) is 6.91. The van der Waals surface area contributed by atoms with Gasteiger partial charge in [-0.3, -0.25) is 4.79 Å². The van der Waals surface area contributed by atoms with Gasteiger partial charge in [-0.2, -0.15) is 0 Å². The van der Waals surface area contributed by atoms with Gasteiger partial charge in [0.1, 0.15) is 18.0 Å². The number of carboxylic acid groups (broad SMARTS) is 3. The molecule has 6 N–H and O–H groups in total. The Morgan fingerprint density at radius 2 is 1.54 bits per heavy atom. The fraction of sp³-hybridized carbons (Fsp3) is 0.565. The second-order valence-electron chi connectivity index (χ2n) is 9.18. The predicted molar refractivity (Wildman–Crippen MR) is 114 cm³/mol. The van der Waals surface area contributed by atoms with Gasteiger partial charge in [-0.25, -0.2) is 14.4 Å². The van der Waals surface area contributed by atoms with Crippen molar-refractivity contribution in [3.05, 3.63) is 35.9 Å². The molecule has 35 heavy (non-hydrogen) atoms. The van der Waals surface area contributed by atoms with Crippen LogP contribution in [0.2, 0.25) is 0 Å². The minimum atomic E-state index is -3.78. The maximum Gasteiger partial charge on any atom is 0.343 e. The lowest BCUT2D eigenvalue weighted by Gasteiger charge is -2.48. The molecule has 2 bridgehead atoms. The SMILES string of the molecule is C[C@H](Cc1ccccc1)C(=O)[C@@H](C)CC[C@]12O[C@H](C(=O)O)[C@@](O)(C(=O)O)[C@](C(=O)O)(O1)[C@H](O)[C@H]2O. The first-order valence-corrected chi connectivity index (χ1v) is 11.0. The summed E-state index contributed by atoms with van der Waals surface area (Å²) in [4.78, 5) is 48.7. The number of carboxylic acids is 3. The van der Waals surface area contributed by atoms with Gasteiger partial charge < -0.3 is 40.1 Å². The second-order valence-corrected chi connectivity index (χ2v) is 9.18. The minimum Gasteiger partial charge on any atom is -0.479 e. The molecule has 2 aliphatic rings. The highest BCUT2D eigenvalue weighted by molar-refractivity contribution is 5.97. The standard InChI is InChI=1S/C23H28O12/c1-11(14(24)12(2)10-13-6-4-3-5-7-13)8-9-21-15(25)16(26)23(35-21,20(31)32)22(33,19(29)30)17(34-21)18(27)28/h3-7,11-12,15-17,25-26,33H,8-10H2,1-2H3,(H,27,28)(H,29,30)(H,31,32)/t11-,12+,15+,16+,17+,21-,22+,23-/m0/s1. The molecule has 2 aliphatic heterocycles. The molecule has 12 heteroatoms. The summed E-state index contributed by atoms with van der Waals surface area (Å²) in [5, 5.41) is 60.8. The molecule has 0 aromatic heterocycles. The number of aliphatic carboxylic acids is 3. The Morgan fingerprint density at radius 1 is 0.943 bits per heavy atom. The van der Waals surface area contributed by atoms with Crippen LogP contribution in [0, 0.1) is 11.8 Å². The lowest BCUT2D eigenvalue weighted by Crippen LogP contribution is -2.77. The number of aliphatic hydroxyl groups excluding tert-OH is 2. The zero-order chi connectivity index (χ0) is 26.3. The van der Waals surface area contributed by atoms with Crippen molar-refractivity contribution >= 4 is 23.7 Å². The van der Waals surface area contributed by atoms with Crippen LogP contribution < -0.4 is 0 Å². The van der Waals surface area contributed by atoms with Crippen LogP contribution >= 0.6 is 0 Å². The van der Waals surface area contributed by atoms with Gasteiger partial charge in [0.05, 0.1) is 0 Å². The number of ketones is 1. The Kier molecular flexibility index (Phi) is 7.08. The number of aliphatic hydroxyl groups is 3. The number of ether oxygens (including phenoxy) is 2. The average Bonchev–Trinajstić information content (AvgIpc) is 3.00. The first kappa shape index (κ1) is 26.7. The monoisotopic (exact) mass is 496 g/mol. The summed E-state index contributed by atoms with van der Waals surface area (Å²) in [7, 11) is 0. The molecule has 0 amide bonds. The van der Waals surface area contributed by atoms with Gasteiger partial charge in [0.2, 0.25) is 17.3 Å². The lowest BCUT2D eigenvalue weighted by molar-refractivity contribution is -0.374. The molecule has 0 unspecified atom stereocenters. The number of rotatable bonds is 10. The highest BCUT2D eigenvalue weighted by atomic mass is 16.8. The van der Waals surface area contributed by atoms with Crippen LogP contribution in [0.15, 0.2) is 30.3 Å². The van der Waals surface area contributed by atoms with Gasteiger partial charge in [-0.1, -0.05) is 44.2 Å². The summed E-state index contributed by atoms with van der Waals surface area (Å²) in [5.74, 6) is -10.3. The molecule has 192 valence electrons. The van der Waals surface area contributed by atoms with Crippen molar-refractivity contribution in [2.45, 2.75) is 68.4 Å². The van der Waals surface area contributed by atoms with E-state index in [0.717, 1.165) is 5.56 Å². The van der Waals surface area contributed by atoms with Crippen molar-refractivity contribution in [2.24, 2.45) is 11.8 Å². The number of hydrogen-bond acceptors (Lipinski definition) is 9. The molecule has 0 saturated carbocycles. The normalized spacial score (nSPS) is 35.7. The van der Waals surface area contributed by atoms with E-state index in [2.05, 4.69) is 0 Å². The molecule has 0 radical (unpaired) electrons. The molecule has 2 fully saturated rings. The topological polar surface area (TPSA) is 208 Å². The smallest absolute Gasteiger partial charge is 0.343 e. The molecule has 0 aliphatic carbocycles. The molecule has 8 atom stereocenters. The summed E-state index contributed by atoms with van der Waals surface area (Å²) in [5.41, 5.74) is -6.29. The highest BCUT2D eigenvalue weighted by Crippen LogP contribution is 2.54. The van der Waals surface area contributed by atoms with E-state index in [0.29, 0.717) is 6.42 Å². The van der Waals surface area contributed by atoms with E-state index in [1.54, 1.807) is 13.8 Å². The molecule has 1 aromatic rings. The van der Waals surface area contributed by atoms with Crippen molar-refractivity contribution in [3.63, 3.8) is 0 Å². The van der Waals surface area contributed by atoms with E-state index in [1.807, 2.05) is 30.3 Å². The van der Waals surface area contributed by atoms with E-state index in [9.17, 15) is 49.8 Å². The van der Waals surface area contributed by atoms with Gasteiger partial charge in [-0.05, 0) is 18.4 Å². The van der Waals surface area contributed by atoms with Crippen molar-refractivity contribution in [3.8, 4) is 0 Å². The second kappa shape index (κ2) is 9.28. The molecule has 2 heterocycles. The highest BCUT2D eigenvalue weighted by Gasteiger charge is 2.84. The van der Waals surface area contributed by atoms with Crippen molar-refractivity contribution < 1.29 is 59.3 Å². The van der Waals surface area contributed by atoms with Gasteiger partial charge in [-0.15, -0.1) is 0 Å². The van der Waals surface area contributed by atoms with Crippen LogP contribution in [0.5, 0.6) is 0 Å². The van der Waals surface area contributed by atoms with Crippen LogP contribution in [-0.4, -0.2) is 89.6 Å². The van der Waals surface area contributed by atoms with Crippen LogP contribution in [0.3, 0.4) is 0 Å². The van der Waals surface area contributed by atoms with E-state index >= 15 is 0 Å². The molecule has 3 rings (SSSR count). The fourth-order valence-corrected chi connectivity index (χ4v) is 4.94. The van der Waals surface area contributed by atoms with E-state index in [-0.39, 0.29) is 12.2 Å².